The molecule has 5 heterocycles. The zero-order chi connectivity index (χ0) is 61.4. The van der Waals surface area contributed by atoms with Crippen LogP contribution in [-0.4, -0.2) is 31.2 Å². The van der Waals surface area contributed by atoms with Crippen LogP contribution in [0.4, 0.5) is 34.1 Å². The first-order valence-corrected chi connectivity index (χ1v) is 31.6. The minimum atomic E-state index is -0.0553. The first kappa shape index (κ1) is 54.4. The fourth-order valence-corrected chi connectivity index (χ4v) is 14.0. The summed E-state index contributed by atoms with van der Waals surface area (Å²) < 4.78 is 2.41. The Morgan fingerprint density at radius 3 is 1.41 bits per heavy atom. The van der Waals surface area contributed by atoms with Crippen LogP contribution < -0.4 is 26.2 Å². The topological polar surface area (TPSA) is 63.0 Å². The van der Waals surface area contributed by atoms with Crippen molar-refractivity contribution < 1.29 is 0 Å². The highest BCUT2D eigenvalue weighted by Gasteiger charge is 2.44. The number of para-hydroxylation sites is 5. The molecule has 0 radical (unpaired) electrons. The summed E-state index contributed by atoms with van der Waals surface area (Å²) >= 11 is 0. The van der Waals surface area contributed by atoms with Crippen molar-refractivity contribution in [1.82, 2.24) is 24.5 Å². The lowest BCUT2D eigenvalue weighted by atomic mass is 9.33. The van der Waals surface area contributed by atoms with E-state index in [1.54, 1.807) is 0 Å². The maximum absolute atomic E-state index is 5.80. The average Bonchev–Trinajstić information content (AvgIpc) is 0.822. The third kappa shape index (κ3) is 9.29. The molecular formula is C84H60BN7. The van der Waals surface area contributed by atoms with Crippen molar-refractivity contribution in [3.8, 4) is 84.6 Å². The number of hydrogen-bond donors (Lipinski definition) is 0. The van der Waals surface area contributed by atoms with Crippen molar-refractivity contribution in [2.24, 2.45) is 0 Å². The Balaban J connectivity index is 0.904. The summed E-state index contributed by atoms with van der Waals surface area (Å²) in [6, 6.07) is 111. The van der Waals surface area contributed by atoms with Crippen LogP contribution in [0.25, 0.3) is 106 Å². The van der Waals surface area contributed by atoms with Crippen LogP contribution in [0.5, 0.6) is 0 Å². The molecule has 0 N–H and O–H groups in total. The van der Waals surface area contributed by atoms with Gasteiger partial charge in [-0.2, -0.15) is 0 Å². The third-order valence-electron chi connectivity index (χ3n) is 18.4. The van der Waals surface area contributed by atoms with Gasteiger partial charge in [-0.15, -0.1) is 0 Å². The zero-order valence-corrected chi connectivity index (χ0v) is 51.2. The maximum Gasteiger partial charge on any atom is 0.252 e. The molecule has 3 aromatic heterocycles. The van der Waals surface area contributed by atoms with Crippen molar-refractivity contribution >= 4 is 79.0 Å². The number of hydrogen-bond acceptors (Lipinski definition) is 6. The van der Waals surface area contributed by atoms with Gasteiger partial charge in [-0.3, -0.25) is 0 Å². The monoisotopic (exact) mass is 1180 g/mol. The molecule has 7 nitrogen and oxygen atoms in total. The molecule has 12 aromatic carbocycles. The summed E-state index contributed by atoms with van der Waals surface area (Å²) in [4.78, 5) is 27.0. The normalized spacial score (nSPS) is 12.4. The first-order valence-electron chi connectivity index (χ1n) is 31.6. The molecule has 0 bridgehead atoms. The van der Waals surface area contributed by atoms with E-state index in [1.165, 1.54) is 38.4 Å². The van der Waals surface area contributed by atoms with E-state index in [1.807, 2.05) is 24.3 Å². The SMILES string of the molecule is CC(C)(C)c1ccc2c(c1)c1ccccc1n2-c1ccc(-c2cc(-c3ccccc3)nc(-c3ccccc3)n2)cc1-c1nc(-c2ccccc2)cc(-c2cccc(-c3ccc4c5c3N(c3ccccc3)c3ccccc3B5c3ccccc3N4c3ccccc3)c2)n1. The van der Waals surface area contributed by atoms with Crippen molar-refractivity contribution in [2.45, 2.75) is 26.2 Å². The van der Waals surface area contributed by atoms with E-state index in [0.29, 0.717) is 11.6 Å². The summed E-state index contributed by atoms with van der Waals surface area (Å²) in [6.07, 6.45) is 0. The van der Waals surface area contributed by atoms with Crippen LogP contribution in [0.3, 0.4) is 0 Å². The van der Waals surface area contributed by atoms with E-state index in [9.17, 15) is 0 Å². The molecule has 0 spiro atoms. The first-order chi connectivity index (χ1) is 45.3. The number of rotatable bonds is 10. The third-order valence-corrected chi connectivity index (χ3v) is 18.4. The molecule has 0 saturated heterocycles. The van der Waals surface area contributed by atoms with Crippen LogP contribution in [-0.2, 0) is 5.41 Å². The van der Waals surface area contributed by atoms with Gasteiger partial charge in [-0.1, -0.05) is 239 Å². The van der Waals surface area contributed by atoms with Crippen LogP contribution in [0.1, 0.15) is 26.3 Å². The summed E-state index contributed by atoms with van der Waals surface area (Å²) in [7, 11) is 0. The lowest BCUT2D eigenvalue weighted by Crippen LogP contribution is -2.61. The molecule has 2 aliphatic heterocycles. The van der Waals surface area contributed by atoms with E-state index >= 15 is 0 Å². The van der Waals surface area contributed by atoms with Gasteiger partial charge in [-0.05, 0) is 124 Å². The number of anilines is 6. The van der Waals surface area contributed by atoms with Crippen molar-refractivity contribution in [3.05, 3.63) is 315 Å². The van der Waals surface area contributed by atoms with Gasteiger partial charge in [0.05, 0.1) is 45.2 Å². The van der Waals surface area contributed by atoms with Gasteiger partial charge < -0.3 is 14.4 Å². The van der Waals surface area contributed by atoms with Crippen LogP contribution >= 0.6 is 0 Å². The maximum atomic E-state index is 5.80. The molecule has 0 aliphatic carbocycles. The summed E-state index contributed by atoms with van der Waals surface area (Å²) in [5.41, 5.74) is 26.1. The lowest BCUT2D eigenvalue weighted by molar-refractivity contribution is 0.591. The Labute approximate surface area is 536 Å². The van der Waals surface area contributed by atoms with E-state index < -0.39 is 0 Å². The van der Waals surface area contributed by atoms with Crippen molar-refractivity contribution in [3.63, 3.8) is 0 Å². The summed E-state index contributed by atoms with van der Waals surface area (Å²) in [5.74, 6) is 1.23. The van der Waals surface area contributed by atoms with Gasteiger partial charge in [-0.25, -0.2) is 19.9 Å². The molecule has 15 aromatic rings. The van der Waals surface area contributed by atoms with Crippen LogP contribution in [0.15, 0.2) is 309 Å². The molecule has 8 heteroatoms. The predicted octanol–water partition coefficient (Wildman–Crippen LogP) is 19.4. The fourth-order valence-electron chi connectivity index (χ4n) is 14.0. The average molecular weight is 1180 g/mol. The van der Waals surface area contributed by atoms with E-state index in [4.69, 9.17) is 19.9 Å². The minimum Gasteiger partial charge on any atom is -0.311 e. The quantitative estimate of drug-likeness (QED) is 0.127. The Morgan fingerprint density at radius 1 is 0.304 bits per heavy atom. The van der Waals surface area contributed by atoms with Gasteiger partial charge in [0, 0.05) is 78.2 Å². The molecule has 434 valence electrons. The van der Waals surface area contributed by atoms with E-state index in [0.717, 1.165) is 112 Å². The molecule has 0 fully saturated rings. The number of benzene rings is 12. The Bertz CT molecular complexity index is 5270. The van der Waals surface area contributed by atoms with Gasteiger partial charge in [0.25, 0.3) is 6.71 Å². The smallest absolute Gasteiger partial charge is 0.252 e. The highest BCUT2D eigenvalue weighted by molar-refractivity contribution is 7.00. The molecule has 0 saturated carbocycles. The van der Waals surface area contributed by atoms with Crippen LogP contribution in [0, 0.1) is 0 Å². The predicted molar refractivity (Wildman–Crippen MR) is 383 cm³/mol. The Hall–Kier alpha value is -11.7. The molecular weight excluding hydrogens is 1120 g/mol. The standard InChI is InChI=1S/C84H60BN7/c1-84(2,3)61-45-48-75-66(52-61)65-38-19-22-41-74(65)92(75)76-47-44-60(73-53-70(55-26-9-4-10-27-55)86-82(87-73)57-30-13-6-14-31-57)51-67(76)83-88-71(56-28-11-5-12-29-56)54-72(89-83)59-33-25-32-58(50-59)64-46-49-79-80-81(64)91(63-36-17-8-18-37-63)78-43-24-21-40-69(78)85(80)68-39-20-23-42-77(68)90(79)62-34-15-7-16-35-62/h4-54H,1-3H3. The largest absolute Gasteiger partial charge is 0.311 e. The molecule has 0 unspecified atom stereocenters. The van der Waals surface area contributed by atoms with E-state index in [-0.39, 0.29) is 12.1 Å². The van der Waals surface area contributed by atoms with Crippen LogP contribution in [0.2, 0.25) is 0 Å². The Kier molecular flexibility index (Phi) is 13.1. The molecule has 0 atom stereocenters. The van der Waals surface area contributed by atoms with Crippen molar-refractivity contribution in [1.29, 1.82) is 0 Å². The zero-order valence-electron chi connectivity index (χ0n) is 51.2. The minimum absolute atomic E-state index is 0.0365. The highest BCUT2D eigenvalue weighted by atomic mass is 15.2. The second kappa shape index (κ2) is 22.1. The lowest BCUT2D eigenvalue weighted by Gasteiger charge is -2.45. The highest BCUT2D eigenvalue weighted by Crippen LogP contribution is 2.49. The Morgan fingerprint density at radius 2 is 0.783 bits per heavy atom. The number of fused-ring (bicyclic) bond motifs is 7. The van der Waals surface area contributed by atoms with Gasteiger partial charge in [0.1, 0.15) is 0 Å². The molecule has 92 heavy (non-hydrogen) atoms. The van der Waals surface area contributed by atoms with Gasteiger partial charge >= 0.3 is 0 Å². The number of nitrogens with zero attached hydrogens (tertiary/aromatic N) is 7. The molecule has 2 aliphatic rings. The molecule has 17 rings (SSSR count). The van der Waals surface area contributed by atoms with E-state index in [2.05, 4.69) is 320 Å². The summed E-state index contributed by atoms with van der Waals surface area (Å²) in [5, 5.41) is 2.36. The van der Waals surface area contributed by atoms with Gasteiger partial charge in [0.15, 0.2) is 11.6 Å². The second-order valence-corrected chi connectivity index (χ2v) is 25.0. The second-order valence-electron chi connectivity index (χ2n) is 25.0. The number of aromatic nitrogens is 5. The van der Waals surface area contributed by atoms with Crippen molar-refractivity contribution in [2.75, 3.05) is 9.80 Å². The summed E-state index contributed by atoms with van der Waals surface area (Å²) in [6.45, 7) is 6.81. The molecule has 0 amide bonds. The van der Waals surface area contributed by atoms with Gasteiger partial charge in [0.2, 0.25) is 0 Å². The fraction of sp³-hybridized carbons (Fsp3) is 0.0476.